The third-order valence-corrected chi connectivity index (χ3v) is 4.09. The van der Waals surface area contributed by atoms with Gasteiger partial charge in [-0.2, -0.15) is 0 Å². The minimum Gasteiger partial charge on any atom is -0.326 e. The van der Waals surface area contributed by atoms with Crippen LogP contribution in [0.15, 0.2) is 40.4 Å². The number of thioether (sulfide) groups is 1. The quantitative estimate of drug-likeness (QED) is 0.851. The van der Waals surface area contributed by atoms with E-state index in [2.05, 4.69) is 35.5 Å². The fourth-order valence-corrected chi connectivity index (χ4v) is 2.71. The predicted molar refractivity (Wildman–Crippen MR) is 79.5 cm³/mol. The van der Waals surface area contributed by atoms with Crippen LogP contribution in [-0.4, -0.2) is 14.8 Å². The monoisotopic (exact) mass is 274 g/mol. The van der Waals surface area contributed by atoms with Crippen LogP contribution in [0, 0.1) is 6.92 Å². The molecule has 2 aromatic rings. The van der Waals surface area contributed by atoms with E-state index >= 15 is 0 Å². The van der Waals surface area contributed by atoms with E-state index in [-0.39, 0.29) is 0 Å². The van der Waals surface area contributed by atoms with Gasteiger partial charge < -0.3 is 5.73 Å². The van der Waals surface area contributed by atoms with Crippen LogP contribution < -0.4 is 5.73 Å². The third kappa shape index (κ3) is 3.45. The minimum atomic E-state index is 0.561. The Labute approximate surface area is 117 Å². The molecule has 0 aliphatic heterocycles. The summed E-state index contributed by atoms with van der Waals surface area (Å²) in [7, 11) is 0. The molecule has 0 fully saturated rings. The first kappa shape index (κ1) is 13.8. The molecule has 4 nitrogen and oxygen atoms in total. The van der Waals surface area contributed by atoms with Gasteiger partial charge >= 0.3 is 0 Å². The molecule has 0 bridgehead atoms. The highest BCUT2D eigenvalue weighted by atomic mass is 32.2. The van der Waals surface area contributed by atoms with E-state index in [1.807, 2.05) is 23.6 Å². The molecule has 100 valence electrons. The van der Waals surface area contributed by atoms with Crippen LogP contribution in [0.3, 0.4) is 0 Å². The van der Waals surface area contributed by atoms with Gasteiger partial charge in [-0.25, -0.2) is 0 Å². The lowest BCUT2D eigenvalue weighted by molar-refractivity contribution is 1.00. The van der Waals surface area contributed by atoms with Crippen molar-refractivity contribution in [3.05, 3.63) is 46.9 Å². The Bertz CT molecular complexity index is 574. The highest BCUT2D eigenvalue weighted by Crippen LogP contribution is 2.31. The maximum Gasteiger partial charge on any atom is 0.133 e. The van der Waals surface area contributed by atoms with Gasteiger partial charge in [-0.15, -0.1) is 10.2 Å². The van der Waals surface area contributed by atoms with Crippen LogP contribution in [0.25, 0.3) is 6.20 Å². The maximum absolute atomic E-state index is 5.77. The number of nitrogens with two attached hydrogens (primary N) is 1. The zero-order valence-corrected chi connectivity index (χ0v) is 12.0. The highest BCUT2D eigenvalue weighted by molar-refractivity contribution is 8.03. The van der Waals surface area contributed by atoms with Gasteiger partial charge in [0.05, 0.1) is 0 Å². The van der Waals surface area contributed by atoms with Gasteiger partial charge in [-0.1, -0.05) is 36.9 Å². The van der Waals surface area contributed by atoms with Crippen LogP contribution >= 0.6 is 11.8 Å². The Morgan fingerprint density at radius 3 is 2.84 bits per heavy atom. The SMILES string of the molecule is CC/C(=C\n1cnnc1C)Sc1ccccc1CN. The molecule has 2 N–H and O–H groups in total. The Morgan fingerprint density at radius 1 is 1.42 bits per heavy atom. The summed E-state index contributed by atoms with van der Waals surface area (Å²) in [6.07, 6.45) is 4.76. The molecule has 0 radical (unpaired) electrons. The number of nitrogens with zero attached hydrogens (tertiary/aromatic N) is 3. The summed E-state index contributed by atoms with van der Waals surface area (Å²) in [4.78, 5) is 2.47. The molecular formula is C14H18N4S. The fraction of sp³-hybridized carbons (Fsp3) is 0.286. The summed E-state index contributed by atoms with van der Waals surface area (Å²) < 4.78 is 1.94. The molecule has 0 amide bonds. The summed E-state index contributed by atoms with van der Waals surface area (Å²) in [5.74, 6) is 0.888. The van der Waals surface area contributed by atoms with E-state index in [9.17, 15) is 0 Å². The number of allylic oxidation sites excluding steroid dienone is 1. The summed E-state index contributed by atoms with van der Waals surface area (Å²) in [5.41, 5.74) is 6.94. The van der Waals surface area contributed by atoms with Gasteiger partial charge in [0.15, 0.2) is 0 Å². The zero-order valence-electron chi connectivity index (χ0n) is 11.2. The second-order valence-electron chi connectivity index (χ2n) is 4.15. The van der Waals surface area contributed by atoms with Crippen molar-refractivity contribution in [2.24, 2.45) is 5.73 Å². The number of aryl methyl sites for hydroxylation is 1. The van der Waals surface area contributed by atoms with Crippen molar-refractivity contribution >= 4 is 18.0 Å². The van der Waals surface area contributed by atoms with Gasteiger partial charge in [-0.05, 0) is 25.0 Å². The largest absolute Gasteiger partial charge is 0.326 e. The van der Waals surface area contributed by atoms with Crippen molar-refractivity contribution in [1.82, 2.24) is 14.8 Å². The normalized spacial score (nSPS) is 11.8. The topological polar surface area (TPSA) is 56.7 Å². The molecule has 0 atom stereocenters. The van der Waals surface area contributed by atoms with Crippen molar-refractivity contribution in [3.63, 3.8) is 0 Å². The van der Waals surface area contributed by atoms with E-state index in [4.69, 9.17) is 5.73 Å². The Balaban J connectivity index is 2.24. The average molecular weight is 274 g/mol. The molecule has 0 aliphatic carbocycles. The number of aromatic nitrogens is 3. The lowest BCUT2D eigenvalue weighted by atomic mass is 10.2. The molecule has 0 saturated carbocycles. The van der Waals surface area contributed by atoms with E-state index < -0.39 is 0 Å². The van der Waals surface area contributed by atoms with Crippen molar-refractivity contribution in [1.29, 1.82) is 0 Å². The molecule has 0 saturated heterocycles. The van der Waals surface area contributed by atoms with Gasteiger partial charge in [0.1, 0.15) is 12.2 Å². The van der Waals surface area contributed by atoms with Gasteiger partial charge in [0, 0.05) is 22.5 Å². The molecule has 5 heteroatoms. The smallest absolute Gasteiger partial charge is 0.133 e. The maximum atomic E-state index is 5.77. The fourth-order valence-electron chi connectivity index (χ4n) is 1.69. The lowest BCUT2D eigenvalue weighted by Crippen LogP contribution is -1.98. The van der Waals surface area contributed by atoms with Gasteiger partial charge in [0.2, 0.25) is 0 Å². The second kappa shape index (κ2) is 6.54. The molecule has 2 rings (SSSR count). The number of hydrogen-bond donors (Lipinski definition) is 1. The number of rotatable bonds is 5. The van der Waals surface area contributed by atoms with Crippen molar-refractivity contribution < 1.29 is 0 Å². The molecule has 0 unspecified atom stereocenters. The summed E-state index contributed by atoms with van der Waals surface area (Å²) in [6, 6.07) is 8.24. The standard InChI is InChI=1S/C14H18N4S/c1-3-13(9-18-10-16-17-11(18)2)19-14-7-5-4-6-12(14)8-15/h4-7,9-10H,3,8,15H2,1-2H3/b13-9+. The third-order valence-electron chi connectivity index (χ3n) is 2.82. The van der Waals surface area contributed by atoms with Crippen LogP contribution in [-0.2, 0) is 6.54 Å². The molecule has 1 aromatic carbocycles. The molecule has 1 heterocycles. The van der Waals surface area contributed by atoms with Crippen molar-refractivity contribution in [2.45, 2.75) is 31.7 Å². The Hall–Kier alpha value is -1.59. The van der Waals surface area contributed by atoms with Crippen LogP contribution in [0.4, 0.5) is 0 Å². The summed E-state index contributed by atoms with van der Waals surface area (Å²) in [5, 5.41) is 7.87. The number of benzene rings is 1. The van der Waals surface area contributed by atoms with Gasteiger partial charge in [-0.3, -0.25) is 4.57 Å². The van der Waals surface area contributed by atoms with E-state index in [1.165, 1.54) is 15.4 Å². The second-order valence-corrected chi connectivity index (χ2v) is 5.32. The lowest BCUT2D eigenvalue weighted by Gasteiger charge is -2.09. The molecular weight excluding hydrogens is 256 g/mol. The first-order valence-corrected chi connectivity index (χ1v) is 7.09. The summed E-state index contributed by atoms with van der Waals surface area (Å²) >= 11 is 1.75. The molecule has 0 aliphatic rings. The average Bonchev–Trinajstić information content (AvgIpc) is 2.84. The van der Waals surface area contributed by atoms with Crippen LogP contribution in [0.5, 0.6) is 0 Å². The van der Waals surface area contributed by atoms with Crippen molar-refractivity contribution in [3.8, 4) is 0 Å². The first-order valence-electron chi connectivity index (χ1n) is 6.27. The molecule has 0 spiro atoms. The Kier molecular flexibility index (Phi) is 4.76. The Morgan fingerprint density at radius 2 is 2.21 bits per heavy atom. The van der Waals surface area contributed by atoms with Crippen molar-refractivity contribution in [2.75, 3.05) is 0 Å². The van der Waals surface area contributed by atoms with E-state index in [0.717, 1.165) is 12.2 Å². The predicted octanol–water partition coefficient (Wildman–Crippen LogP) is 3.05. The van der Waals surface area contributed by atoms with Crippen LogP contribution in [0.1, 0.15) is 24.7 Å². The highest BCUT2D eigenvalue weighted by Gasteiger charge is 2.05. The zero-order chi connectivity index (χ0) is 13.7. The number of hydrogen-bond acceptors (Lipinski definition) is 4. The molecule has 1 aromatic heterocycles. The van der Waals surface area contributed by atoms with E-state index in [1.54, 1.807) is 18.1 Å². The van der Waals surface area contributed by atoms with E-state index in [0.29, 0.717) is 6.54 Å². The van der Waals surface area contributed by atoms with Gasteiger partial charge in [0.25, 0.3) is 0 Å². The molecule has 19 heavy (non-hydrogen) atoms. The first-order chi connectivity index (χ1) is 9.24. The van der Waals surface area contributed by atoms with Crippen LogP contribution in [0.2, 0.25) is 0 Å². The minimum absolute atomic E-state index is 0.561. The summed E-state index contributed by atoms with van der Waals surface area (Å²) in [6.45, 7) is 4.64.